The highest BCUT2D eigenvalue weighted by Crippen LogP contribution is 2.50. The Morgan fingerprint density at radius 2 is 1.67 bits per heavy atom. The quantitative estimate of drug-likeness (QED) is 0.284. The van der Waals surface area contributed by atoms with E-state index in [0.29, 0.717) is 24.6 Å². The standard InChI is InChI=1S/C31H38N4O5S.ClH/c1-39-29-15-9-6-12-25(29)20-33-27(22-40-21-24-10-4-3-5-11-24)30(36)34-35(41(2,37)38)23-31(16-18-32-19-17-31)26-13-7-8-14-28(26)35;/h3-15,27,32-33H,16-23H2,1-2H3;1H/p+1. The first kappa shape index (κ1) is 31.9. The highest BCUT2D eigenvalue weighted by molar-refractivity contribution is 7.90. The summed E-state index contributed by atoms with van der Waals surface area (Å²) in [7, 11) is -2.22. The molecule has 0 aromatic heterocycles. The average molecular weight is 616 g/mol. The number of carbonyl (C=O) groups is 1. The van der Waals surface area contributed by atoms with E-state index in [1.165, 1.54) is 6.26 Å². The lowest BCUT2D eigenvalue weighted by Crippen LogP contribution is -2.68. The van der Waals surface area contributed by atoms with Crippen LogP contribution in [0.1, 0.15) is 29.5 Å². The molecule has 1 amide bonds. The summed E-state index contributed by atoms with van der Waals surface area (Å²) in [4.78, 5) is 14.1. The molecule has 1 fully saturated rings. The Balaban J connectivity index is 0.00000405. The number of fused-ring (bicyclic) bond motifs is 2. The molecule has 9 nitrogen and oxygen atoms in total. The Labute approximate surface area is 254 Å². The molecule has 0 saturated carbocycles. The second-order valence-corrected chi connectivity index (χ2v) is 13.0. The fourth-order valence-corrected chi connectivity index (χ4v) is 7.33. The van der Waals surface area contributed by atoms with Crippen molar-refractivity contribution in [3.8, 4) is 5.75 Å². The number of methoxy groups -OCH3 is 1. The Morgan fingerprint density at radius 1 is 1.00 bits per heavy atom. The molecular formula is C31H40ClN4O5S+. The van der Waals surface area contributed by atoms with Crippen LogP contribution < -0.4 is 24.8 Å². The Kier molecular flexibility index (Phi) is 10.3. The van der Waals surface area contributed by atoms with E-state index in [4.69, 9.17) is 9.47 Å². The molecule has 0 aliphatic carbocycles. The van der Waals surface area contributed by atoms with Crippen molar-refractivity contribution in [3.63, 3.8) is 0 Å². The topological polar surface area (TPSA) is 106 Å². The van der Waals surface area contributed by atoms with Gasteiger partial charge in [-0.15, -0.1) is 12.4 Å². The van der Waals surface area contributed by atoms with Gasteiger partial charge < -0.3 is 14.8 Å². The van der Waals surface area contributed by atoms with Crippen LogP contribution in [0, 0.1) is 0 Å². The summed E-state index contributed by atoms with van der Waals surface area (Å²) in [6.07, 6.45) is 2.80. The molecule has 11 heteroatoms. The molecule has 0 bridgehead atoms. The van der Waals surface area contributed by atoms with Gasteiger partial charge in [0, 0.05) is 23.7 Å². The molecule has 2 atom stereocenters. The molecule has 3 aromatic carbocycles. The fourth-order valence-electron chi connectivity index (χ4n) is 6.08. The van der Waals surface area contributed by atoms with E-state index in [2.05, 4.69) is 16.1 Å². The van der Waals surface area contributed by atoms with Gasteiger partial charge in [0.2, 0.25) is 0 Å². The third-order valence-electron chi connectivity index (χ3n) is 8.25. The zero-order chi connectivity index (χ0) is 28.9. The van der Waals surface area contributed by atoms with Gasteiger partial charge in [-0.3, -0.25) is 10.1 Å². The monoisotopic (exact) mass is 615 g/mol. The number of carbonyl (C=O) groups excluding carboxylic acids is 1. The molecule has 2 unspecified atom stereocenters. The number of ether oxygens (including phenoxy) is 2. The van der Waals surface area contributed by atoms with Crippen LogP contribution in [0.4, 0.5) is 5.69 Å². The molecule has 3 aromatic rings. The fraction of sp³-hybridized carbons (Fsp3) is 0.387. The third kappa shape index (κ3) is 6.49. The lowest BCUT2D eigenvalue weighted by molar-refractivity contribution is -0.127. The second kappa shape index (κ2) is 13.5. The third-order valence-corrected chi connectivity index (χ3v) is 9.80. The number of hydrogen-bond acceptors (Lipinski definition) is 7. The number of rotatable bonds is 11. The van der Waals surface area contributed by atoms with Gasteiger partial charge in [0.05, 0.1) is 32.0 Å². The molecule has 3 N–H and O–H groups in total. The van der Waals surface area contributed by atoms with Crippen molar-refractivity contribution >= 4 is 34.0 Å². The number of nitrogens with one attached hydrogen (secondary N) is 3. The summed E-state index contributed by atoms with van der Waals surface area (Å²) in [5.74, 6) is 0.254. The van der Waals surface area contributed by atoms with Gasteiger partial charge in [-0.2, -0.15) is 13.8 Å². The van der Waals surface area contributed by atoms with E-state index in [0.717, 1.165) is 42.6 Å². The molecule has 5 rings (SSSR count). The lowest BCUT2D eigenvalue weighted by atomic mass is 9.75. The summed E-state index contributed by atoms with van der Waals surface area (Å²) < 4.78 is 38.1. The first-order valence-corrected chi connectivity index (χ1v) is 15.8. The van der Waals surface area contributed by atoms with Crippen molar-refractivity contribution < 1.29 is 22.7 Å². The molecular weight excluding hydrogens is 576 g/mol. The van der Waals surface area contributed by atoms with Crippen LogP contribution in [0.3, 0.4) is 0 Å². The Hall–Kier alpha value is -2.99. The maximum Gasteiger partial charge on any atom is 0.321 e. The van der Waals surface area contributed by atoms with Gasteiger partial charge in [-0.05, 0) is 37.6 Å². The van der Waals surface area contributed by atoms with Crippen molar-refractivity contribution in [2.24, 2.45) is 0 Å². The molecule has 42 heavy (non-hydrogen) atoms. The van der Waals surface area contributed by atoms with Gasteiger partial charge in [0.1, 0.15) is 18.3 Å². The molecule has 2 aliphatic heterocycles. The Bertz CT molecular complexity index is 1470. The minimum absolute atomic E-state index is 0. The average Bonchev–Trinajstić information content (AvgIpc) is 3.25. The molecule has 1 saturated heterocycles. The van der Waals surface area contributed by atoms with Gasteiger partial charge in [-0.1, -0.05) is 70.7 Å². The highest BCUT2D eigenvalue weighted by Gasteiger charge is 2.60. The number of piperidine rings is 1. The van der Waals surface area contributed by atoms with E-state index in [1.807, 2.05) is 78.9 Å². The van der Waals surface area contributed by atoms with Crippen LogP contribution in [-0.4, -0.2) is 60.0 Å². The maximum atomic E-state index is 14.1. The smallest absolute Gasteiger partial charge is 0.321 e. The zero-order valence-electron chi connectivity index (χ0n) is 24.0. The zero-order valence-corrected chi connectivity index (χ0v) is 25.7. The summed E-state index contributed by atoms with van der Waals surface area (Å²) in [6.45, 7) is 2.55. The van der Waals surface area contributed by atoms with Gasteiger partial charge >= 0.3 is 10.0 Å². The number of para-hydroxylation sites is 2. The van der Waals surface area contributed by atoms with Crippen molar-refractivity contribution in [2.75, 3.05) is 39.6 Å². The molecule has 226 valence electrons. The van der Waals surface area contributed by atoms with Crippen LogP contribution in [0.15, 0.2) is 78.9 Å². The lowest BCUT2D eigenvalue weighted by Gasteiger charge is -2.36. The first-order chi connectivity index (χ1) is 19.8. The van der Waals surface area contributed by atoms with Gasteiger partial charge in [-0.25, -0.2) is 0 Å². The summed E-state index contributed by atoms with van der Waals surface area (Å²) in [6, 6.07) is 24.1. The van der Waals surface area contributed by atoms with Crippen molar-refractivity contribution in [1.29, 1.82) is 0 Å². The molecule has 2 aliphatic rings. The molecule has 1 spiro atoms. The number of hydrogen-bond donors (Lipinski definition) is 3. The predicted molar refractivity (Wildman–Crippen MR) is 167 cm³/mol. The highest BCUT2D eigenvalue weighted by atomic mass is 35.5. The number of quaternary nitrogens is 1. The van der Waals surface area contributed by atoms with Crippen LogP contribution in [0.2, 0.25) is 0 Å². The Morgan fingerprint density at radius 3 is 2.38 bits per heavy atom. The summed E-state index contributed by atoms with van der Waals surface area (Å²) in [5, 5.41) is 6.69. The maximum absolute atomic E-state index is 14.1. The number of benzene rings is 3. The van der Waals surface area contributed by atoms with Crippen molar-refractivity contribution in [1.82, 2.24) is 20.1 Å². The normalized spacial score (nSPS) is 19.9. The van der Waals surface area contributed by atoms with E-state index in [1.54, 1.807) is 7.11 Å². The predicted octanol–water partition coefficient (Wildman–Crippen LogP) is 3.43. The van der Waals surface area contributed by atoms with Crippen molar-refractivity contribution in [2.45, 2.75) is 37.5 Å². The largest absolute Gasteiger partial charge is 0.496 e. The van der Waals surface area contributed by atoms with Crippen LogP contribution in [0.5, 0.6) is 5.75 Å². The minimum atomic E-state index is -3.83. The van der Waals surface area contributed by atoms with E-state index in [9.17, 15) is 13.2 Å². The summed E-state index contributed by atoms with van der Waals surface area (Å²) >= 11 is 0. The molecule has 2 heterocycles. The summed E-state index contributed by atoms with van der Waals surface area (Å²) in [5.41, 5.74) is 6.11. The number of halogens is 1. The van der Waals surface area contributed by atoms with E-state index >= 15 is 0 Å². The van der Waals surface area contributed by atoms with Crippen LogP contribution in [0.25, 0.3) is 0 Å². The van der Waals surface area contributed by atoms with Crippen molar-refractivity contribution in [3.05, 3.63) is 95.6 Å². The van der Waals surface area contributed by atoms with Crippen LogP contribution >= 0.6 is 12.4 Å². The van der Waals surface area contributed by atoms with Gasteiger partial charge in [0.15, 0.2) is 5.69 Å². The minimum Gasteiger partial charge on any atom is -0.496 e. The number of sulfonamides is 1. The first-order valence-electron chi connectivity index (χ1n) is 14.0. The molecule has 0 radical (unpaired) electrons. The SMILES string of the molecule is COc1ccccc1CNC(COCc1ccccc1)C(=O)N[N+]1(S(C)(=O)=O)CC2(CCNCC2)c2ccccc21.Cl. The number of nitrogens with zero attached hydrogens (tertiary/aromatic N) is 1. The number of amides is 1. The van der Waals surface area contributed by atoms with Gasteiger partial charge in [0.25, 0.3) is 5.91 Å². The van der Waals surface area contributed by atoms with E-state index < -0.39 is 26.0 Å². The second-order valence-electron chi connectivity index (χ2n) is 10.9. The van der Waals surface area contributed by atoms with E-state index in [-0.39, 0.29) is 31.0 Å². The van der Waals surface area contributed by atoms with Crippen LogP contribution in [-0.2, 0) is 38.1 Å².